The minimum atomic E-state index is -1.07. The monoisotopic (exact) mass is 223 g/mol. The molecule has 1 aliphatic rings. The van der Waals surface area contributed by atoms with Crippen molar-refractivity contribution in [3.05, 3.63) is 28.4 Å². The summed E-state index contributed by atoms with van der Waals surface area (Å²) in [6, 6.07) is 2.72. The van der Waals surface area contributed by atoms with Crippen molar-refractivity contribution in [1.29, 1.82) is 0 Å². The van der Waals surface area contributed by atoms with E-state index in [-0.39, 0.29) is 11.5 Å². The van der Waals surface area contributed by atoms with Gasteiger partial charge in [0.1, 0.15) is 5.54 Å². The lowest BCUT2D eigenvalue weighted by Crippen LogP contribution is -2.32. The molecule has 0 unspecified atom stereocenters. The van der Waals surface area contributed by atoms with E-state index in [9.17, 15) is 14.9 Å². The Labute approximate surface area is 90.3 Å². The molecule has 1 saturated carbocycles. The van der Waals surface area contributed by atoms with Crippen LogP contribution in [-0.2, 0) is 4.79 Å². The van der Waals surface area contributed by atoms with Crippen LogP contribution in [0.15, 0.2) is 18.3 Å². The zero-order valence-corrected chi connectivity index (χ0v) is 8.21. The van der Waals surface area contributed by atoms with Gasteiger partial charge in [-0.1, -0.05) is 0 Å². The number of carboxylic acids is 1. The molecule has 1 fully saturated rings. The van der Waals surface area contributed by atoms with Gasteiger partial charge in [-0.2, -0.15) is 0 Å². The van der Waals surface area contributed by atoms with E-state index in [0.717, 1.165) is 0 Å². The van der Waals surface area contributed by atoms with E-state index < -0.39 is 16.4 Å². The zero-order chi connectivity index (χ0) is 11.8. The Morgan fingerprint density at radius 2 is 2.31 bits per heavy atom. The molecular formula is C9H9N3O4. The second-order valence-electron chi connectivity index (χ2n) is 3.64. The number of carbonyl (C=O) groups is 1. The molecule has 0 atom stereocenters. The number of anilines is 1. The first-order valence-corrected chi connectivity index (χ1v) is 4.66. The Balaban J connectivity index is 2.28. The van der Waals surface area contributed by atoms with Gasteiger partial charge in [-0.05, 0) is 18.9 Å². The van der Waals surface area contributed by atoms with Gasteiger partial charge in [0.2, 0.25) is 5.82 Å². The van der Waals surface area contributed by atoms with Crippen molar-refractivity contribution in [2.45, 2.75) is 18.4 Å². The Hall–Kier alpha value is -2.18. The highest BCUT2D eigenvalue weighted by Crippen LogP contribution is 2.40. The summed E-state index contributed by atoms with van der Waals surface area (Å²) in [4.78, 5) is 24.8. The lowest BCUT2D eigenvalue weighted by molar-refractivity contribution is -0.384. The summed E-state index contributed by atoms with van der Waals surface area (Å²) in [5, 5.41) is 22.2. The van der Waals surface area contributed by atoms with Gasteiger partial charge in [0, 0.05) is 12.3 Å². The van der Waals surface area contributed by atoms with E-state index in [0.29, 0.717) is 12.8 Å². The van der Waals surface area contributed by atoms with Gasteiger partial charge in [-0.25, -0.2) is 9.78 Å². The number of hydrogen-bond donors (Lipinski definition) is 2. The van der Waals surface area contributed by atoms with Gasteiger partial charge in [0.05, 0.1) is 4.92 Å². The van der Waals surface area contributed by atoms with Crippen LogP contribution in [0, 0.1) is 10.1 Å². The fourth-order valence-corrected chi connectivity index (χ4v) is 1.38. The summed E-state index contributed by atoms with van der Waals surface area (Å²) in [5.74, 6) is -1.00. The molecule has 84 valence electrons. The Kier molecular flexibility index (Phi) is 2.22. The smallest absolute Gasteiger partial charge is 0.329 e. The van der Waals surface area contributed by atoms with E-state index in [1.165, 1.54) is 18.3 Å². The molecule has 1 aromatic heterocycles. The van der Waals surface area contributed by atoms with Crippen LogP contribution in [0.25, 0.3) is 0 Å². The summed E-state index contributed by atoms with van der Waals surface area (Å²) >= 11 is 0. The fourth-order valence-electron chi connectivity index (χ4n) is 1.38. The molecule has 0 aliphatic heterocycles. The molecule has 0 spiro atoms. The first-order valence-electron chi connectivity index (χ1n) is 4.66. The topological polar surface area (TPSA) is 105 Å². The van der Waals surface area contributed by atoms with Crippen molar-refractivity contribution in [1.82, 2.24) is 4.98 Å². The molecule has 0 amide bonds. The Morgan fingerprint density at radius 1 is 1.62 bits per heavy atom. The molecule has 0 aromatic carbocycles. The summed E-state index contributed by atoms with van der Waals surface area (Å²) in [7, 11) is 0. The van der Waals surface area contributed by atoms with Crippen LogP contribution >= 0.6 is 0 Å². The maximum atomic E-state index is 10.9. The second kappa shape index (κ2) is 3.44. The van der Waals surface area contributed by atoms with Gasteiger partial charge in [0.15, 0.2) is 0 Å². The van der Waals surface area contributed by atoms with Crippen molar-refractivity contribution in [2.75, 3.05) is 5.32 Å². The first-order chi connectivity index (χ1) is 7.55. The van der Waals surface area contributed by atoms with Crippen LogP contribution in [-0.4, -0.2) is 26.5 Å². The molecule has 1 heterocycles. The molecular weight excluding hydrogens is 214 g/mol. The van der Waals surface area contributed by atoms with E-state index >= 15 is 0 Å². The maximum absolute atomic E-state index is 10.9. The second-order valence-corrected chi connectivity index (χ2v) is 3.64. The molecule has 7 nitrogen and oxygen atoms in total. The number of rotatable bonds is 4. The fraction of sp³-hybridized carbons (Fsp3) is 0.333. The summed E-state index contributed by atoms with van der Waals surface area (Å²) in [5.41, 5.74) is -1.28. The van der Waals surface area contributed by atoms with Crippen LogP contribution in [0.3, 0.4) is 0 Å². The van der Waals surface area contributed by atoms with Crippen LogP contribution in [0.5, 0.6) is 0 Å². The van der Waals surface area contributed by atoms with E-state index in [1.807, 2.05) is 0 Å². The minimum absolute atomic E-state index is 0.00685. The minimum Gasteiger partial charge on any atom is -0.480 e. The quantitative estimate of drug-likeness (QED) is 0.583. The SMILES string of the molecule is O=C(O)C1(Nc2ncccc2[N+](=O)[O-])CC1. The predicted octanol–water partition coefficient (Wildman–Crippen LogP) is 1.02. The molecule has 0 saturated heterocycles. The summed E-state index contributed by atoms with van der Waals surface area (Å²) < 4.78 is 0. The van der Waals surface area contributed by atoms with Crippen molar-refractivity contribution in [2.24, 2.45) is 0 Å². The van der Waals surface area contributed by atoms with Gasteiger partial charge in [-0.3, -0.25) is 10.1 Å². The van der Waals surface area contributed by atoms with Crippen LogP contribution in [0.4, 0.5) is 11.5 Å². The summed E-state index contributed by atoms with van der Waals surface area (Å²) in [6.07, 6.45) is 2.29. The van der Waals surface area contributed by atoms with Gasteiger partial charge in [0.25, 0.3) is 0 Å². The lowest BCUT2D eigenvalue weighted by atomic mass is 10.2. The van der Waals surface area contributed by atoms with Crippen LogP contribution in [0.2, 0.25) is 0 Å². The van der Waals surface area contributed by atoms with Crippen molar-refractivity contribution in [3.63, 3.8) is 0 Å². The highest BCUT2D eigenvalue weighted by atomic mass is 16.6. The standard InChI is InChI=1S/C9H9N3O4/c13-8(14)9(3-4-9)11-7-6(12(15)16)2-1-5-10-7/h1-2,5H,3-4H2,(H,10,11)(H,13,14). The van der Waals surface area contributed by atoms with E-state index in [1.54, 1.807) is 0 Å². The number of hydrogen-bond acceptors (Lipinski definition) is 5. The Morgan fingerprint density at radius 3 is 2.81 bits per heavy atom. The largest absolute Gasteiger partial charge is 0.480 e. The Bertz CT molecular complexity index is 456. The van der Waals surface area contributed by atoms with Gasteiger partial charge < -0.3 is 10.4 Å². The van der Waals surface area contributed by atoms with Crippen molar-refractivity contribution >= 4 is 17.5 Å². The number of nitrogens with one attached hydrogen (secondary N) is 1. The maximum Gasteiger partial charge on any atom is 0.329 e. The number of aromatic nitrogens is 1. The summed E-state index contributed by atoms with van der Waals surface area (Å²) in [6.45, 7) is 0. The highest BCUT2D eigenvalue weighted by molar-refractivity contribution is 5.86. The van der Waals surface area contributed by atoms with E-state index in [4.69, 9.17) is 5.11 Å². The molecule has 0 bridgehead atoms. The third-order valence-electron chi connectivity index (χ3n) is 2.50. The third-order valence-corrected chi connectivity index (χ3v) is 2.50. The normalized spacial score (nSPS) is 16.5. The third kappa shape index (κ3) is 1.67. The van der Waals surface area contributed by atoms with Gasteiger partial charge in [-0.15, -0.1) is 0 Å². The molecule has 0 radical (unpaired) electrons. The number of pyridine rings is 1. The van der Waals surface area contributed by atoms with Crippen molar-refractivity contribution < 1.29 is 14.8 Å². The average Bonchev–Trinajstić information content (AvgIpc) is 2.99. The number of nitrogens with zero attached hydrogens (tertiary/aromatic N) is 2. The highest BCUT2D eigenvalue weighted by Gasteiger charge is 2.51. The molecule has 16 heavy (non-hydrogen) atoms. The molecule has 1 aromatic rings. The molecule has 2 rings (SSSR count). The first kappa shape index (κ1) is 10.3. The zero-order valence-electron chi connectivity index (χ0n) is 8.21. The van der Waals surface area contributed by atoms with Crippen LogP contribution in [0.1, 0.15) is 12.8 Å². The van der Waals surface area contributed by atoms with E-state index in [2.05, 4.69) is 10.3 Å². The number of carboxylic acid groups (broad SMARTS) is 1. The number of aliphatic carboxylic acids is 1. The molecule has 7 heteroatoms. The average molecular weight is 223 g/mol. The predicted molar refractivity (Wildman–Crippen MR) is 54.1 cm³/mol. The van der Waals surface area contributed by atoms with Crippen LogP contribution < -0.4 is 5.32 Å². The lowest BCUT2D eigenvalue weighted by Gasteiger charge is -2.12. The van der Waals surface area contributed by atoms with Crippen molar-refractivity contribution in [3.8, 4) is 0 Å². The molecule has 1 aliphatic carbocycles. The molecule has 2 N–H and O–H groups in total. The number of nitro groups is 1. The van der Waals surface area contributed by atoms with Gasteiger partial charge >= 0.3 is 11.7 Å².